The number of nitrogens with one attached hydrogen (secondary N) is 3. The highest BCUT2D eigenvalue weighted by Gasteiger charge is 2.24. The molecule has 3 N–H and O–H groups in total. The summed E-state index contributed by atoms with van der Waals surface area (Å²) in [5, 5.41) is 10.6. The van der Waals surface area contributed by atoms with Gasteiger partial charge in [0.1, 0.15) is 6.04 Å². The van der Waals surface area contributed by atoms with E-state index in [-0.39, 0.29) is 30.1 Å². The first-order chi connectivity index (χ1) is 14.8. The summed E-state index contributed by atoms with van der Waals surface area (Å²) in [6.45, 7) is 5.19. The smallest absolute Gasteiger partial charge is 0.247 e. The highest BCUT2D eigenvalue weighted by atomic mass is 16.2. The van der Waals surface area contributed by atoms with Crippen LogP contribution in [0.15, 0.2) is 66.7 Å². The molecule has 0 bridgehead atoms. The van der Waals surface area contributed by atoms with Gasteiger partial charge < -0.3 is 16.0 Å². The van der Waals surface area contributed by atoms with E-state index < -0.39 is 6.04 Å². The fourth-order valence-corrected chi connectivity index (χ4v) is 3.39. The number of hydrogen-bond donors (Lipinski definition) is 3. The molecule has 31 heavy (non-hydrogen) atoms. The van der Waals surface area contributed by atoms with Crippen LogP contribution in [0.5, 0.6) is 0 Å². The minimum atomic E-state index is -0.683. The third-order valence-electron chi connectivity index (χ3n) is 4.89. The molecule has 0 spiro atoms. The van der Waals surface area contributed by atoms with Crippen molar-refractivity contribution < 1.29 is 14.4 Å². The summed E-state index contributed by atoms with van der Waals surface area (Å²) in [5.74, 6) is -0.804. The van der Waals surface area contributed by atoms with Crippen LogP contribution in [0, 0.1) is 5.92 Å². The molecule has 6 nitrogen and oxygen atoms in total. The predicted octanol–water partition coefficient (Wildman–Crippen LogP) is 4.12. The van der Waals surface area contributed by atoms with Gasteiger partial charge in [-0.15, -0.1) is 0 Å². The van der Waals surface area contributed by atoms with Crippen LogP contribution in [0.2, 0.25) is 0 Å². The number of hydrogen-bond acceptors (Lipinski definition) is 3. The van der Waals surface area contributed by atoms with Gasteiger partial charge in [0.05, 0.1) is 6.42 Å². The van der Waals surface area contributed by atoms with Crippen molar-refractivity contribution in [2.75, 3.05) is 10.6 Å². The molecule has 160 valence electrons. The Kier molecular flexibility index (Phi) is 7.03. The molecule has 1 atom stereocenters. The highest BCUT2D eigenvalue weighted by molar-refractivity contribution is 5.98. The van der Waals surface area contributed by atoms with E-state index in [1.54, 1.807) is 24.3 Å². The molecule has 3 aromatic carbocycles. The van der Waals surface area contributed by atoms with E-state index in [0.717, 1.165) is 16.3 Å². The molecule has 0 aliphatic rings. The van der Waals surface area contributed by atoms with Crippen LogP contribution in [-0.4, -0.2) is 23.8 Å². The van der Waals surface area contributed by atoms with Crippen molar-refractivity contribution >= 4 is 39.9 Å². The maximum atomic E-state index is 12.8. The van der Waals surface area contributed by atoms with Gasteiger partial charge in [0, 0.05) is 18.3 Å². The van der Waals surface area contributed by atoms with Crippen LogP contribution in [-0.2, 0) is 20.8 Å². The zero-order chi connectivity index (χ0) is 22.4. The van der Waals surface area contributed by atoms with E-state index in [1.165, 1.54) is 6.92 Å². The summed E-state index contributed by atoms with van der Waals surface area (Å²) >= 11 is 0. The third-order valence-corrected chi connectivity index (χ3v) is 4.89. The first kappa shape index (κ1) is 22.0. The van der Waals surface area contributed by atoms with Crippen molar-refractivity contribution in [3.63, 3.8) is 0 Å². The molecule has 3 rings (SSSR count). The van der Waals surface area contributed by atoms with E-state index >= 15 is 0 Å². The monoisotopic (exact) mass is 417 g/mol. The molecule has 0 saturated heterocycles. The largest absolute Gasteiger partial charge is 0.344 e. The van der Waals surface area contributed by atoms with Gasteiger partial charge in [-0.2, -0.15) is 0 Å². The summed E-state index contributed by atoms with van der Waals surface area (Å²) in [6, 6.07) is 20.1. The van der Waals surface area contributed by atoms with E-state index in [0.29, 0.717) is 11.4 Å². The number of carbonyl (C=O) groups excluding carboxylic acids is 3. The van der Waals surface area contributed by atoms with Crippen LogP contribution in [0.1, 0.15) is 26.3 Å². The van der Waals surface area contributed by atoms with Crippen molar-refractivity contribution in [3.8, 4) is 0 Å². The van der Waals surface area contributed by atoms with E-state index in [1.807, 2.05) is 56.3 Å². The van der Waals surface area contributed by atoms with Crippen molar-refractivity contribution in [2.24, 2.45) is 5.92 Å². The fourth-order valence-electron chi connectivity index (χ4n) is 3.39. The van der Waals surface area contributed by atoms with Gasteiger partial charge >= 0.3 is 0 Å². The molecule has 0 aromatic heterocycles. The van der Waals surface area contributed by atoms with Gasteiger partial charge in [-0.05, 0) is 40.5 Å². The number of anilines is 2. The lowest BCUT2D eigenvalue weighted by Gasteiger charge is -2.22. The quantitative estimate of drug-likeness (QED) is 0.540. The van der Waals surface area contributed by atoms with Gasteiger partial charge in [-0.3, -0.25) is 14.4 Å². The minimum Gasteiger partial charge on any atom is -0.344 e. The number of amides is 3. The molecule has 0 aliphatic heterocycles. The van der Waals surface area contributed by atoms with Crippen LogP contribution in [0.3, 0.4) is 0 Å². The van der Waals surface area contributed by atoms with Gasteiger partial charge in [-0.25, -0.2) is 0 Å². The van der Waals surface area contributed by atoms with Crippen LogP contribution >= 0.6 is 0 Å². The van der Waals surface area contributed by atoms with Crippen molar-refractivity contribution in [3.05, 3.63) is 72.3 Å². The Morgan fingerprint density at radius 3 is 2.16 bits per heavy atom. The van der Waals surface area contributed by atoms with Gasteiger partial charge in [-0.1, -0.05) is 62.4 Å². The average molecular weight is 418 g/mol. The Morgan fingerprint density at radius 1 is 0.806 bits per heavy atom. The zero-order valence-corrected chi connectivity index (χ0v) is 17.9. The molecule has 1 unspecified atom stereocenters. The Morgan fingerprint density at radius 2 is 1.48 bits per heavy atom. The Labute approximate surface area is 182 Å². The molecule has 3 aromatic rings. The standard InChI is InChI=1S/C25H27N3O3/c1-16(2)24(25(31)27-22-10-6-9-21(15-22)26-17(3)29)28-23(30)14-18-11-12-19-7-4-5-8-20(19)13-18/h4-13,15-16,24H,14H2,1-3H3,(H,26,29)(H,27,31)(H,28,30). The Bertz CT molecular complexity index is 1110. The summed E-state index contributed by atoms with van der Waals surface area (Å²) < 4.78 is 0. The number of fused-ring (bicyclic) bond motifs is 1. The lowest BCUT2D eigenvalue weighted by Crippen LogP contribution is -2.47. The molecule has 0 saturated carbocycles. The summed E-state index contributed by atoms with van der Waals surface area (Å²) in [4.78, 5) is 36.7. The first-order valence-electron chi connectivity index (χ1n) is 10.3. The molecule has 3 amide bonds. The Balaban J connectivity index is 1.66. The Hall–Kier alpha value is -3.67. The zero-order valence-electron chi connectivity index (χ0n) is 17.9. The van der Waals surface area contributed by atoms with Crippen LogP contribution in [0.4, 0.5) is 11.4 Å². The fraction of sp³-hybridized carbons (Fsp3) is 0.240. The molecular weight excluding hydrogens is 390 g/mol. The van der Waals surface area contributed by atoms with Crippen molar-refractivity contribution in [2.45, 2.75) is 33.2 Å². The van der Waals surface area contributed by atoms with Crippen molar-refractivity contribution in [1.82, 2.24) is 5.32 Å². The average Bonchev–Trinajstić information content (AvgIpc) is 2.71. The predicted molar refractivity (Wildman–Crippen MR) is 124 cm³/mol. The molecule has 0 heterocycles. The van der Waals surface area contributed by atoms with Gasteiger partial charge in [0.15, 0.2) is 0 Å². The SMILES string of the molecule is CC(=O)Nc1cccc(NC(=O)C(NC(=O)Cc2ccc3ccccc3c2)C(C)C)c1. The first-order valence-corrected chi connectivity index (χ1v) is 10.3. The molecular formula is C25H27N3O3. The maximum absolute atomic E-state index is 12.8. The second-order valence-electron chi connectivity index (χ2n) is 7.90. The number of carbonyl (C=O) groups is 3. The van der Waals surface area contributed by atoms with Crippen LogP contribution in [0.25, 0.3) is 10.8 Å². The highest BCUT2D eigenvalue weighted by Crippen LogP contribution is 2.18. The van der Waals surface area contributed by atoms with Crippen LogP contribution < -0.4 is 16.0 Å². The molecule has 6 heteroatoms. The lowest BCUT2D eigenvalue weighted by molar-refractivity contribution is -0.127. The third kappa shape index (κ3) is 6.15. The van der Waals surface area contributed by atoms with E-state index in [4.69, 9.17) is 0 Å². The minimum absolute atomic E-state index is 0.0981. The second kappa shape index (κ2) is 9.89. The summed E-state index contributed by atoms with van der Waals surface area (Å²) in [7, 11) is 0. The lowest BCUT2D eigenvalue weighted by atomic mass is 10.0. The van der Waals surface area contributed by atoms with E-state index in [9.17, 15) is 14.4 Å². The normalized spacial score (nSPS) is 11.7. The molecule has 0 radical (unpaired) electrons. The van der Waals surface area contributed by atoms with Gasteiger partial charge in [0.25, 0.3) is 0 Å². The maximum Gasteiger partial charge on any atom is 0.247 e. The van der Waals surface area contributed by atoms with Gasteiger partial charge in [0.2, 0.25) is 17.7 Å². The second-order valence-corrected chi connectivity index (χ2v) is 7.90. The van der Waals surface area contributed by atoms with E-state index in [2.05, 4.69) is 16.0 Å². The summed E-state index contributed by atoms with van der Waals surface area (Å²) in [5.41, 5.74) is 2.03. The summed E-state index contributed by atoms with van der Waals surface area (Å²) in [6.07, 6.45) is 0.194. The number of rotatable bonds is 7. The topological polar surface area (TPSA) is 87.3 Å². The molecule has 0 aliphatic carbocycles. The number of benzene rings is 3. The molecule has 0 fully saturated rings. The van der Waals surface area contributed by atoms with Crippen molar-refractivity contribution in [1.29, 1.82) is 0 Å².